The van der Waals surface area contributed by atoms with Gasteiger partial charge in [0, 0.05) is 16.8 Å². The molecule has 0 atom stereocenters. The fourth-order valence-electron chi connectivity index (χ4n) is 1.82. The first-order chi connectivity index (χ1) is 11.0. The van der Waals surface area contributed by atoms with Crippen LogP contribution in [0.5, 0.6) is 0 Å². The lowest BCUT2D eigenvalue weighted by atomic mass is 10.1. The zero-order chi connectivity index (χ0) is 18.1. The van der Waals surface area contributed by atoms with Crippen molar-refractivity contribution in [2.75, 3.05) is 4.72 Å². The lowest BCUT2D eigenvalue weighted by molar-refractivity contribution is 0.0919. The Morgan fingerprint density at radius 3 is 2.17 bits per heavy atom. The van der Waals surface area contributed by atoms with Crippen molar-refractivity contribution in [2.24, 2.45) is 0 Å². The first-order valence-electron chi connectivity index (χ1n) is 6.88. The third-order valence-corrected chi connectivity index (χ3v) is 5.94. The van der Waals surface area contributed by atoms with Crippen LogP contribution in [0.15, 0.2) is 35.2 Å². The highest BCUT2D eigenvalue weighted by Crippen LogP contribution is 2.35. The number of halogens is 2. The van der Waals surface area contributed by atoms with Crippen molar-refractivity contribution < 1.29 is 13.2 Å². The van der Waals surface area contributed by atoms with Gasteiger partial charge in [0.2, 0.25) is 0 Å². The van der Waals surface area contributed by atoms with Crippen molar-refractivity contribution in [3.8, 4) is 0 Å². The number of nitrogens with one attached hydrogen (secondary N) is 2. The van der Waals surface area contributed by atoms with E-state index in [0.717, 1.165) is 11.3 Å². The summed E-state index contributed by atoms with van der Waals surface area (Å²) < 4.78 is 27.4. The first-order valence-corrected chi connectivity index (χ1v) is 9.94. The van der Waals surface area contributed by atoms with E-state index < -0.39 is 10.0 Å². The number of amides is 1. The van der Waals surface area contributed by atoms with Crippen LogP contribution < -0.4 is 10.0 Å². The van der Waals surface area contributed by atoms with E-state index in [-0.39, 0.29) is 25.0 Å². The molecule has 0 unspecified atom stereocenters. The number of carbonyl (C=O) groups excluding carboxylic acids is 1. The van der Waals surface area contributed by atoms with Gasteiger partial charge in [0.1, 0.15) is 9.23 Å². The largest absolute Gasteiger partial charge is 0.347 e. The van der Waals surface area contributed by atoms with Crippen LogP contribution >= 0.6 is 34.5 Å². The minimum absolute atomic E-state index is 0.0753. The minimum atomic E-state index is -3.84. The fraction of sp³-hybridized carbons (Fsp3) is 0.267. The molecular formula is C15H16Cl2N2O3S2. The molecule has 1 amide bonds. The van der Waals surface area contributed by atoms with E-state index in [9.17, 15) is 13.2 Å². The summed E-state index contributed by atoms with van der Waals surface area (Å²) in [6, 6.07) is 7.40. The Balaban J connectivity index is 2.17. The van der Waals surface area contributed by atoms with Crippen molar-refractivity contribution in [1.82, 2.24) is 5.32 Å². The summed E-state index contributed by atoms with van der Waals surface area (Å²) in [7, 11) is -3.84. The molecule has 1 heterocycles. The quantitative estimate of drug-likeness (QED) is 0.790. The molecule has 9 heteroatoms. The molecular weight excluding hydrogens is 391 g/mol. The van der Waals surface area contributed by atoms with Gasteiger partial charge in [0.15, 0.2) is 0 Å². The Hall–Kier alpha value is -1.28. The molecule has 0 spiro atoms. The molecule has 0 aliphatic heterocycles. The maximum Gasteiger partial charge on any atom is 0.264 e. The van der Waals surface area contributed by atoms with Gasteiger partial charge in [-0.25, -0.2) is 8.42 Å². The maximum absolute atomic E-state index is 12.3. The fourth-order valence-corrected chi connectivity index (χ4v) is 5.03. The predicted molar refractivity (Wildman–Crippen MR) is 98.8 cm³/mol. The summed E-state index contributed by atoms with van der Waals surface area (Å²) in [5, 5.41) is 2.83. The molecule has 0 bridgehead atoms. The monoisotopic (exact) mass is 406 g/mol. The number of hydrogen-bond acceptors (Lipinski definition) is 4. The molecule has 130 valence electrons. The molecule has 0 aliphatic carbocycles. The molecule has 5 nitrogen and oxygen atoms in total. The van der Waals surface area contributed by atoms with Crippen LogP contribution in [-0.4, -0.2) is 19.9 Å². The summed E-state index contributed by atoms with van der Waals surface area (Å²) in [5.41, 5.74) is 0.400. The Bertz CT molecular complexity index is 854. The molecule has 0 aliphatic rings. The van der Waals surface area contributed by atoms with Gasteiger partial charge in [0.05, 0.1) is 4.34 Å². The van der Waals surface area contributed by atoms with Crippen molar-refractivity contribution in [1.29, 1.82) is 0 Å². The van der Waals surface area contributed by atoms with E-state index in [1.54, 1.807) is 12.1 Å². The standard InChI is InChI=1S/C15H16Cl2N2O3S2/c1-15(2,3)18-14(20)9-4-6-10(7-5-9)19-24(21,22)11-8-12(16)23-13(11)17/h4-8,19H,1-3H3,(H,18,20). The number of sulfonamides is 1. The van der Waals surface area contributed by atoms with Crippen molar-refractivity contribution >= 4 is 56.2 Å². The zero-order valence-corrected chi connectivity index (χ0v) is 16.3. The van der Waals surface area contributed by atoms with E-state index >= 15 is 0 Å². The highest BCUT2D eigenvalue weighted by Gasteiger charge is 2.21. The lowest BCUT2D eigenvalue weighted by Gasteiger charge is -2.20. The van der Waals surface area contributed by atoms with Crippen LogP contribution in [0.25, 0.3) is 0 Å². The molecule has 0 saturated carbocycles. The summed E-state index contributed by atoms with van der Waals surface area (Å²) >= 11 is 12.6. The molecule has 24 heavy (non-hydrogen) atoms. The van der Waals surface area contributed by atoms with Crippen LogP contribution in [0.1, 0.15) is 31.1 Å². The Labute approximate surface area is 155 Å². The van der Waals surface area contributed by atoms with Gasteiger partial charge in [-0.3, -0.25) is 9.52 Å². The van der Waals surface area contributed by atoms with E-state index in [0.29, 0.717) is 11.3 Å². The summed E-state index contributed by atoms with van der Waals surface area (Å²) in [4.78, 5) is 12.0. The van der Waals surface area contributed by atoms with Gasteiger partial charge in [0.25, 0.3) is 15.9 Å². The van der Waals surface area contributed by atoms with Gasteiger partial charge in [-0.1, -0.05) is 23.2 Å². The van der Waals surface area contributed by atoms with Crippen molar-refractivity contribution in [3.05, 3.63) is 44.6 Å². The molecule has 2 rings (SSSR count). The van der Waals surface area contributed by atoms with Crippen LogP contribution in [0.2, 0.25) is 8.67 Å². The number of anilines is 1. The van der Waals surface area contributed by atoms with Gasteiger partial charge in [-0.15, -0.1) is 11.3 Å². The van der Waals surface area contributed by atoms with Gasteiger partial charge in [-0.2, -0.15) is 0 Å². The Morgan fingerprint density at radius 1 is 1.12 bits per heavy atom. The summed E-state index contributed by atoms with van der Waals surface area (Å²) in [6.45, 7) is 5.63. The minimum Gasteiger partial charge on any atom is -0.347 e. The van der Waals surface area contributed by atoms with Gasteiger partial charge >= 0.3 is 0 Å². The predicted octanol–water partition coefficient (Wildman–Crippen LogP) is 4.38. The second-order valence-electron chi connectivity index (χ2n) is 6.08. The molecule has 1 aromatic heterocycles. The van der Waals surface area contributed by atoms with E-state index in [4.69, 9.17) is 23.2 Å². The van der Waals surface area contributed by atoms with Gasteiger partial charge in [-0.05, 0) is 51.1 Å². The van der Waals surface area contributed by atoms with Crippen molar-refractivity contribution in [2.45, 2.75) is 31.2 Å². The Kier molecular flexibility index (Phi) is 5.49. The van der Waals surface area contributed by atoms with Crippen LogP contribution in [0.4, 0.5) is 5.69 Å². The van der Waals surface area contributed by atoms with Crippen LogP contribution in [0.3, 0.4) is 0 Å². The third-order valence-electron chi connectivity index (χ3n) is 2.80. The highest BCUT2D eigenvalue weighted by atomic mass is 35.5. The molecule has 1 aromatic carbocycles. The number of benzene rings is 1. The number of rotatable bonds is 4. The average Bonchev–Trinajstić information content (AvgIpc) is 2.77. The number of thiophene rings is 1. The summed E-state index contributed by atoms with van der Waals surface area (Å²) in [6.07, 6.45) is 0. The summed E-state index contributed by atoms with van der Waals surface area (Å²) in [5.74, 6) is -0.232. The Morgan fingerprint density at radius 2 is 1.71 bits per heavy atom. The topological polar surface area (TPSA) is 75.3 Å². The van der Waals surface area contributed by atoms with E-state index in [1.165, 1.54) is 18.2 Å². The second kappa shape index (κ2) is 6.92. The zero-order valence-electron chi connectivity index (χ0n) is 13.2. The van der Waals surface area contributed by atoms with Crippen molar-refractivity contribution in [3.63, 3.8) is 0 Å². The second-order valence-corrected chi connectivity index (χ2v) is 10.0. The number of carbonyl (C=O) groups is 1. The smallest absolute Gasteiger partial charge is 0.264 e. The van der Waals surface area contributed by atoms with Gasteiger partial charge < -0.3 is 5.32 Å². The normalized spacial score (nSPS) is 12.0. The molecule has 0 radical (unpaired) electrons. The molecule has 2 aromatic rings. The highest BCUT2D eigenvalue weighted by molar-refractivity contribution is 7.93. The number of hydrogen-bond donors (Lipinski definition) is 2. The first kappa shape index (κ1) is 19.1. The SMILES string of the molecule is CC(C)(C)NC(=O)c1ccc(NS(=O)(=O)c2cc(Cl)sc2Cl)cc1. The van der Waals surface area contributed by atoms with Crippen LogP contribution in [0, 0.1) is 0 Å². The molecule has 2 N–H and O–H groups in total. The van der Waals surface area contributed by atoms with Crippen LogP contribution in [-0.2, 0) is 10.0 Å². The molecule has 0 fully saturated rings. The third kappa shape index (κ3) is 4.86. The lowest BCUT2D eigenvalue weighted by Crippen LogP contribution is -2.40. The van der Waals surface area contributed by atoms with E-state index in [2.05, 4.69) is 10.0 Å². The molecule has 0 saturated heterocycles. The average molecular weight is 407 g/mol. The van der Waals surface area contributed by atoms with E-state index in [1.807, 2.05) is 20.8 Å². The maximum atomic E-state index is 12.3.